The van der Waals surface area contributed by atoms with E-state index in [4.69, 9.17) is 4.52 Å². The molecule has 1 saturated heterocycles. The van der Waals surface area contributed by atoms with Gasteiger partial charge in [-0.05, 0) is 48.4 Å². The molecule has 1 fully saturated rings. The Kier molecular flexibility index (Phi) is 7.49. The van der Waals surface area contributed by atoms with Gasteiger partial charge in [-0.2, -0.15) is 4.98 Å². The van der Waals surface area contributed by atoms with Gasteiger partial charge in [-0.15, -0.1) is 0 Å². The summed E-state index contributed by atoms with van der Waals surface area (Å²) in [5, 5.41) is 5.72. The molecule has 41 heavy (non-hydrogen) atoms. The highest BCUT2D eigenvalue weighted by Crippen LogP contribution is 2.39. The first-order valence-corrected chi connectivity index (χ1v) is 15.0. The normalized spacial score (nSPS) is 16.8. The third kappa shape index (κ3) is 6.12. The SMILES string of the molecule is CS(=O)(=O)NC1CCN(Cc2ccc(-c3noc(C4=C(c5ccncc5)N(c5ccccc5F)N[N-]4)n3)cc2)CC1. The summed E-state index contributed by atoms with van der Waals surface area (Å²) in [5.74, 6) is 0.178. The molecule has 0 spiro atoms. The van der Waals surface area contributed by atoms with Crippen LogP contribution in [0, 0.1) is 5.82 Å². The molecule has 2 N–H and O–H groups in total. The minimum atomic E-state index is -3.19. The van der Waals surface area contributed by atoms with Crippen molar-refractivity contribution < 1.29 is 17.3 Å². The molecule has 11 nitrogen and oxygen atoms in total. The van der Waals surface area contributed by atoms with Crippen molar-refractivity contribution >= 4 is 27.1 Å². The number of hydrazine groups is 1. The molecule has 0 atom stereocenters. The van der Waals surface area contributed by atoms with Crippen molar-refractivity contribution in [1.82, 2.24) is 30.3 Å². The van der Waals surface area contributed by atoms with Crippen LogP contribution >= 0.6 is 0 Å². The molecular weight excluding hydrogens is 547 g/mol. The van der Waals surface area contributed by atoms with Crippen LogP contribution in [0.4, 0.5) is 10.1 Å². The van der Waals surface area contributed by atoms with E-state index in [9.17, 15) is 12.8 Å². The minimum Gasteiger partial charge on any atom is -0.597 e. The van der Waals surface area contributed by atoms with Crippen molar-refractivity contribution in [3.05, 3.63) is 101 Å². The van der Waals surface area contributed by atoms with E-state index in [1.54, 1.807) is 47.7 Å². The Balaban J connectivity index is 1.19. The first-order chi connectivity index (χ1) is 19.8. The molecule has 4 aromatic rings. The Labute approximate surface area is 237 Å². The van der Waals surface area contributed by atoms with Crippen LogP contribution in [0.1, 0.15) is 29.9 Å². The van der Waals surface area contributed by atoms with Crippen molar-refractivity contribution in [2.24, 2.45) is 0 Å². The highest BCUT2D eigenvalue weighted by molar-refractivity contribution is 7.88. The lowest BCUT2D eigenvalue weighted by molar-refractivity contribution is 0.200. The number of hydrogen-bond donors (Lipinski definition) is 2. The van der Waals surface area contributed by atoms with E-state index >= 15 is 0 Å². The second-order valence-electron chi connectivity index (χ2n) is 9.99. The number of hydrogen-bond acceptors (Lipinski definition) is 9. The van der Waals surface area contributed by atoms with Crippen LogP contribution in [0.3, 0.4) is 0 Å². The average Bonchev–Trinajstić information content (AvgIpc) is 3.62. The molecule has 0 bridgehead atoms. The fourth-order valence-electron chi connectivity index (χ4n) is 5.01. The number of sulfonamides is 1. The third-order valence-electron chi connectivity index (χ3n) is 6.97. The molecule has 0 amide bonds. The van der Waals surface area contributed by atoms with Crippen LogP contribution in [-0.2, 0) is 16.6 Å². The monoisotopic (exact) mass is 575 g/mol. The van der Waals surface area contributed by atoms with Gasteiger partial charge in [0.05, 0.1) is 17.6 Å². The van der Waals surface area contributed by atoms with Crippen molar-refractivity contribution in [3.63, 3.8) is 0 Å². The Hall–Kier alpha value is -4.17. The van der Waals surface area contributed by atoms with E-state index in [0.29, 0.717) is 22.9 Å². The lowest BCUT2D eigenvalue weighted by Crippen LogP contribution is -2.43. The Morgan fingerprint density at radius 3 is 2.49 bits per heavy atom. The molecule has 2 aromatic heterocycles. The van der Waals surface area contributed by atoms with E-state index in [0.717, 1.165) is 49.2 Å². The van der Waals surface area contributed by atoms with Crippen LogP contribution in [-0.4, -0.2) is 53.8 Å². The lowest BCUT2D eigenvalue weighted by Gasteiger charge is -2.31. The number of rotatable bonds is 8. The highest BCUT2D eigenvalue weighted by Gasteiger charge is 2.25. The zero-order valence-electron chi connectivity index (χ0n) is 22.2. The van der Waals surface area contributed by atoms with E-state index in [1.807, 2.05) is 24.3 Å². The van der Waals surface area contributed by atoms with Crippen LogP contribution < -0.4 is 15.3 Å². The maximum atomic E-state index is 14.7. The maximum absolute atomic E-state index is 14.7. The van der Waals surface area contributed by atoms with Crippen molar-refractivity contribution in [2.75, 3.05) is 24.4 Å². The molecule has 0 radical (unpaired) electrons. The molecule has 212 valence electrons. The number of aromatic nitrogens is 3. The van der Waals surface area contributed by atoms with Gasteiger partial charge in [0.2, 0.25) is 21.7 Å². The number of piperidine rings is 1. The summed E-state index contributed by atoms with van der Waals surface area (Å²) in [5.41, 5.74) is 11.2. The van der Waals surface area contributed by atoms with Crippen LogP contribution in [0.5, 0.6) is 0 Å². The van der Waals surface area contributed by atoms with Crippen LogP contribution in [0.2, 0.25) is 0 Å². The summed E-state index contributed by atoms with van der Waals surface area (Å²) in [4.78, 5) is 11.0. The lowest BCUT2D eigenvalue weighted by atomic mass is 10.0. The van der Waals surface area contributed by atoms with Gasteiger partial charge in [-0.25, -0.2) is 17.5 Å². The van der Waals surface area contributed by atoms with E-state index in [1.165, 1.54) is 12.3 Å². The average molecular weight is 576 g/mol. The topological polar surface area (TPSA) is 131 Å². The zero-order valence-corrected chi connectivity index (χ0v) is 23.1. The van der Waals surface area contributed by atoms with Gasteiger partial charge >= 0.3 is 0 Å². The molecule has 2 aliphatic heterocycles. The first-order valence-electron chi connectivity index (χ1n) is 13.1. The summed E-state index contributed by atoms with van der Waals surface area (Å²) >= 11 is 0. The second kappa shape index (κ2) is 11.4. The van der Waals surface area contributed by atoms with Crippen LogP contribution in [0.25, 0.3) is 28.2 Å². The smallest absolute Gasteiger partial charge is 0.239 e. The van der Waals surface area contributed by atoms with E-state index in [-0.39, 0.29) is 11.9 Å². The largest absolute Gasteiger partial charge is 0.597 e. The summed E-state index contributed by atoms with van der Waals surface area (Å²) in [6.07, 6.45) is 6.05. The fraction of sp³-hybridized carbons (Fsp3) is 0.250. The maximum Gasteiger partial charge on any atom is 0.239 e. The second-order valence-corrected chi connectivity index (χ2v) is 11.8. The molecule has 2 aliphatic rings. The van der Waals surface area contributed by atoms with Gasteiger partial charge in [-0.3, -0.25) is 14.9 Å². The molecule has 0 unspecified atom stereocenters. The number of halogens is 1. The number of benzene rings is 2. The number of pyridine rings is 1. The molecular formula is C28H28FN8O3S-. The van der Waals surface area contributed by atoms with Gasteiger partial charge in [0.1, 0.15) is 5.82 Å². The molecule has 6 rings (SSSR count). The number of para-hydroxylation sites is 1. The summed E-state index contributed by atoms with van der Waals surface area (Å²) in [6.45, 7) is 2.40. The van der Waals surface area contributed by atoms with Gasteiger partial charge in [0.25, 0.3) is 0 Å². The Morgan fingerprint density at radius 2 is 1.78 bits per heavy atom. The van der Waals surface area contributed by atoms with Gasteiger partial charge in [0, 0.05) is 49.2 Å². The van der Waals surface area contributed by atoms with E-state index < -0.39 is 15.8 Å². The summed E-state index contributed by atoms with van der Waals surface area (Å²) in [7, 11) is -3.19. The summed E-state index contributed by atoms with van der Waals surface area (Å²) < 4.78 is 46.0. The predicted molar refractivity (Wildman–Crippen MR) is 152 cm³/mol. The standard InChI is InChI=1S/C28H28FN8O3S/c1-41(38,39)34-22-12-16-36(17-13-22)18-19-6-8-21(9-7-19)27-31-28(40-33-27)25-26(20-10-14-30-15-11-20)37(35-32-25)24-5-3-2-4-23(24)29/h2-11,14-15,22,34-35H,12-13,16-18H2,1H3/q-1. The number of anilines is 1. The summed E-state index contributed by atoms with van der Waals surface area (Å²) in [6, 6.07) is 17.9. The molecule has 4 heterocycles. The fourth-order valence-corrected chi connectivity index (χ4v) is 5.85. The van der Waals surface area contributed by atoms with E-state index in [2.05, 4.69) is 35.7 Å². The number of likely N-dealkylation sites (tertiary alicyclic amines) is 1. The third-order valence-corrected chi connectivity index (χ3v) is 7.73. The Morgan fingerprint density at radius 1 is 1.05 bits per heavy atom. The van der Waals surface area contributed by atoms with Gasteiger partial charge < -0.3 is 15.5 Å². The van der Waals surface area contributed by atoms with Gasteiger partial charge in [-0.1, -0.05) is 41.6 Å². The number of nitrogens with zero attached hydrogens (tertiary/aromatic N) is 6. The first kappa shape index (κ1) is 27.0. The molecule has 2 aromatic carbocycles. The number of nitrogens with one attached hydrogen (secondary N) is 2. The molecule has 0 aliphatic carbocycles. The predicted octanol–water partition coefficient (Wildman–Crippen LogP) is 3.92. The highest BCUT2D eigenvalue weighted by atomic mass is 32.2. The van der Waals surface area contributed by atoms with Crippen molar-refractivity contribution in [1.29, 1.82) is 0 Å². The molecule has 0 saturated carbocycles. The molecule has 13 heteroatoms. The Bertz CT molecular complexity index is 1650. The minimum absolute atomic E-state index is 0.00847. The van der Waals surface area contributed by atoms with Crippen molar-refractivity contribution in [2.45, 2.75) is 25.4 Å². The quantitative estimate of drug-likeness (QED) is 0.321. The van der Waals surface area contributed by atoms with Crippen LogP contribution in [0.15, 0.2) is 77.6 Å². The van der Waals surface area contributed by atoms with Gasteiger partial charge in [0.15, 0.2) is 0 Å². The van der Waals surface area contributed by atoms with Crippen molar-refractivity contribution in [3.8, 4) is 11.4 Å². The zero-order chi connectivity index (χ0) is 28.4.